The molecule has 0 spiro atoms. The van der Waals surface area contributed by atoms with Crippen LogP contribution in [0.1, 0.15) is 77.0 Å². The van der Waals surface area contributed by atoms with Crippen LogP contribution in [0.2, 0.25) is 0 Å². The second-order valence-electron chi connectivity index (χ2n) is 6.87. The van der Waals surface area contributed by atoms with Gasteiger partial charge in [0.25, 0.3) is 0 Å². The Hall–Kier alpha value is -0.570. The van der Waals surface area contributed by atoms with Crippen molar-refractivity contribution >= 4 is 5.91 Å². The smallest absolute Gasteiger partial charge is 0.220 e. The Morgan fingerprint density at radius 1 is 0.950 bits per heavy atom. The molecule has 0 aromatic carbocycles. The number of rotatable bonds is 6. The van der Waals surface area contributed by atoms with E-state index >= 15 is 0 Å². The van der Waals surface area contributed by atoms with Gasteiger partial charge in [0.15, 0.2) is 0 Å². The predicted octanol–water partition coefficient (Wildman–Crippen LogP) is 3.40. The highest BCUT2D eigenvalue weighted by Crippen LogP contribution is 2.27. The van der Waals surface area contributed by atoms with Crippen molar-refractivity contribution in [1.29, 1.82) is 0 Å². The van der Waals surface area contributed by atoms with Crippen molar-refractivity contribution in [2.24, 2.45) is 11.8 Å². The van der Waals surface area contributed by atoms with E-state index in [1.54, 1.807) is 0 Å². The van der Waals surface area contributed by atoms with Crippen molar-refractivity contribution < 1.29 is 9.90 Å². The fourth-order valence-corrected chi connectivity index (χ4v) is 3.72. The summed E-state index contributed by atoms with van der Waals surface area (Å²) in [6, 6.07) is 0. The van der Waals surface area contributed by atoms with E-state index in [4.69, 9.17) is 0 Å². The first-order valence-corrected chi connectivity index (χ1v) is 8.69. The number of nitrogens with one attached hydrogen (secondary N) is 1. The average Bonchev–Trinajstić information content (AvgIpc) is 2.48. The molecular weight excluding hydrogens is 250 g/mol. The highest BCUT2D eigenvalue weighted by atomic mass is 16.3. The minimum Gasteiger partial charge on any atom is -0.393 e. The van der Waals surface area contributed by atoms with Gasteiger partial charge < -0.3 is 10.4 Å². The molecule has 3 nitrogen and oxygen atoms in total. The van der Waals surface area contributed by atoms with Gasteiger partial charge in [-0.05, 0) is 50.4 Å². The van der Waals surface area contributed by atoms with Crippen LogP contribution in [-0.2, 0) is 4.79 Å². The summed E-state index contributed by atoms with van der Waals surface area (Å²) in [6.45, 7) is 0.814. The van der Waals surface area contributed by atoms with Gasteiger partial charge in [-0.2, -0.15) is 0 Å². The predicted molar refractivity (Wildman–Crippen MR) is 81.4 cm³/mol. The molecule has 2 aliphatic carbocycles. The van der Waals surface area contributed by atoms with E-state index in [2.05, 4.69) is 5.32 Å². The molecule has 3 heteroatoms. The molecule has 0 unspecified atom stereocenters. The Kier molecular flexibility index (Phi) is 6.85. The quantitative estimate of drug-likeness (QED) is 0.784. The molecule has 20 heavy (non-hydrogen) atoms. The first kappa shape index (κ1) is 15.8. The molecule has 0 atom stereocenters. The largest absolute Gasteiger partial charge is 0.393 e. The molecule has 1 amide bonds. The third-order valence-electron chi connectivity index (χ3n) is 5.15. The Balaban J connectivity index is 1.49. The summed E-state index contributed by atoms with van der Waals surface area (Å²) in [7, 11) is 0. The lowest BCUT2D eigenvalue weighted by Gasteiger charge is -2.25. The van der Waals surface area contributed by atoms with Gasteiger partial charge in [-0.3, -0.25) is 4.79 Å². The molecule has 2 rings (SSSR count). The zero-order valence-electron chi connectivity index (χ0n) is 12.8. The molecule has 0 bridgehead atoms. The van der Waals surface area contributed by atoms with E-state index in [1.807, 2.05) is 0 Å². The van der Waals surface area contributed by atoms with Crippen molar-refractivity contribution in [1.82, 2.24) is 5.32 Å². The van der Waals surface area contributed by atoms with Crippen molar-refractivity contribution in [2.45, 2.75) is 83.2 Å². The minimum absolute atomic E-state index is 0.0996. The van der Waals surface area contributed by atoms with Crippen LogP contribution in [-0.4, -0.2) is 23.7 Å². The molecule has 2 N–H and O–H groups in total. The van der Waals surface area contributed by atoms with Gasteiger partial charge in [0.1, 0.15) is 0 Å². The molecule has 0 aliphatic heterocycles. The number of hydrogen-bond donors (Lipinski definition) is 2. The summed E-state index contributed by atoms with van der Waals surface area (Å²) in [5.74, 6) is 1.70. The second kappa shape index (κ2) is 8.66. The SMILES string of the molecule is O=C(CCCC1CCCCC1)NCC1CCC(O)CC1. The third-order valence-corrected chi connectivity index (χ3v) is 5.15. The molecule has 0 aromatic heterocycles. The first-order valence-electron chi connectivity index (χ1n) is 8.69. The van der Waals surface area contributed by atoms with E-state index in [-0.39, 0.29) is 12.0 Å². The Labute approximate surface area is 123 Å². The lowest BCUT2D eigenvalue weighted by Crippen LogP contribution is -2.32. The lowest BCUT2D eigenvalue weighted by atomic mass is 9.85. The minimum atomic E-state index is -0.0996. The van der Waals surface area contributed by atoms with Crippen LogP contribution in [0.3, 0.4) is 0 Å². The first-order chi connectivity index (χ1) is 9.74. The second-order valence-corrected chi connectivity index (χ2v) is 6.87. The van der Waals surface area contributed by atoms with Crippen LogP contribution in [0.15, 0.2) is 0 Å². The van der Waals surface area contributed by atoms with Crippen molar-refractivity contribution in [3.05, 3.63) is 0 Å². The van der Waals surface area contributed by atoms with Gasteiger partial charge in [0.05, 0.1) is 6.10 Å². The Morgan fingerprint density at radius 3 is 2.35 bits per heavy atom. The van der Waals surface area contributed by atoms with E-state index in [0.717, 1.165) is 44.6 Å². The van der Waals surface area contributed by atoms with E-state index < -0.39 is 0 Å². The number of carbonyl (C=O) groups excluding carboxylic acids is 1. The van der Waals surface area contributed by atoms with Gasteiger partial charge in [-0.15, -0.1) is 0 Å². The summed E-state index contributed by atoms with van der Waals surface area (Å²) in [4.78, 5) is 11.8. The van der Waals surface area contributed by atoms with Crippen molar-refractivity contribution in [3.63, 3.8) is 0 Å². The van der Waals surface area contributed by atoms with Crippen LogP contribution >= 0.6 is 0 Å². The van der Waals surface area contributed by atoms with Crippen LogP contribution < -0.4 is 5.32 Å². The van der Waals surface area contributed by atoms with Crippen LogP contribution in [0.4, 0.5) is 0 Å². The topological polar surface area (TPSA) is 49.3 Å². The molecule has 2 saturated carbocycles. The standard InChI is InChI=1S/C17H31NO2/c19-16-11-9-15(10-12-16)13-18-17(20)8-4-7-14-5-2-1-3-6-14/h14-16,19H,1-13H2,(H,18,20). The maximum atomic E-state index is 11.8. The van der Waals surface area contributed by atoms with Crippen LogP contribution in [0.25, 0.3) is 0 Å². The maximum absolute atomic E-state index is 11.8. The summed E-state index contributed by atoms with van der Waals surface area (Å²) in [5, 5.41) is 12.5. The highest BCUT2D eigenvalue weighted by Gasteiger charge is 2.19. The number of amides is 1. The fourth-order valence-electron chi connectivity index (χ4n) is 3.72. The lowest BCUT2D eigenvalue weighted by molar-refractivity contribution is -0.121. The molecule has 0 aromatic rings. The summed E-state index contributed by atoms with van der Waals surface area (Å²) >= 11 is 0. The molecule has 116 valence electrons. The number of aliphatic hydroxyl groups excluding tert-OH is 1. The zero-order chi connectivity index (χ0) is 14.2. The molecule has 0 saturated heterocycles. The Bertz CT molecular complexity index is 279. The van der Waals surface area contributed by atoms with E-state index in [0.29, 0.717) is 12.3 Å². The van der Waals surface area contributed by atoms with Crippen molar-refractivity contribution in [3.8, 4) is 0 Å². The van der Waals surface area contributed by atoms with E-state index in [9.17, 15) is 9.90 Å². The molecule has 2 fully saturated rings. The van der Waals surface area contributed by atoms with Gasteiger partial charge in [0.2, 0.25) is 5.91 Å². The highest BCUT2D eigenvalue weighted by molar-refractivity contribution is 5.75. The van der Waals surface area contributed by atoms with Crippen LogP contribution in [0.5, 0.6) is 0 Å². The number of carbonyl (C=O) groups is 1. The van der Waals surface area contributed by atoms with E-state index in [1.165, 1.54) is 38.5 Å². The summed E-state index contributed by atoms with van der Waals surface area (Å²) in [6.07, 6.45) is 13.8. The average molecular weight is 281 g/mol. The fraction of sp³-hybridized carbons (Fsp3) is 0.941. The summed E-state index contributed by atoms with van der Waals surface area (Å²) in [5.41, 5.74) is 0. The molecule has 2 aliphatic rings. The molecular formula is C17H31NO2. The number of aliphatic hydroxyl groups is 1. The van der Waals surface area contributed by atoms with Gasteiger partial charge in [0, 0.05) is 13.0 Å². The summed E-state index contributed by atoms with van der Waals surface area (Å²) < 4.78 is 0. The van der Waals surface area contributed by atoms with Crippen LogP contribution in [0, 0.1) is 11.8 Å². The third kappa shape index (κ3) is 5.82. The zero-order valence-corrected chi connectivity index (χ0v) is 12.8. The van der Waals surface area contributed by atoms with Crippen molar-refractivity contribution in [2.75, 3.05) is 6.54 Å². The number of hydrogen-bond acceptors (Lipinski definition) is 2. The molecule has 0 heterocycles. The monoisotopic (exact) mass is 281 g/mol. The Morgan fingerprint density at radius 2 is 1.65 bits per heavy atom. The molecule has 0 radical (unpaired) electrons. The van der Waals surface area contributed by atoms with Gasteiger partial charge in [-0.1, -0.05) is 32.1 Å². The normalized spacial score (nSPS) is 28.2. The van der Waals surface area contributed by atoms with Gasteiger partial charge >= 0.3 is 0 Å². The maximum Gasteiger partial charge on any atom is 0.220 e. The van der Waals surface area contributed by atoms with Gasteiger partial charge in [-0.25, -0.2) is 0 Å².